The highest BCUT2D eigenvalue weighted by Crippen LogP contribution is 2.17. The number of para-hydroxylation sites is 1. The fourth-order valence-electron chi connectivity index (χ4n) is 1.97. The largest absolute Gasteiger partial charge is 0.496 e. The number of nitrogens with one attached hydrogen (secondary N) is 1. The number of hydrogen-bond donors (Lipinski definition) is 1. The molecule has 1 saturated heterocycles. The van der Waals surface area contributed by atoms with E-state index >= 15 is 0 Å². The number of hydrogen-bond acceptors (Lipinski definition) is 4. The van der Waals surface area contributed by atoms with Crippen molar-refractivity contribution in [3.05, 3.63) is 29.8 Å². The fourth-order valence-corrected chi connectivity index (χ4v) is 1.97. The van der Waals surface area contributed by atoms with Crippen LogP contribution in [0.3, 0.4) is 0 Å². The van der Waals surface area contributed by atoms with Gasteiger partial charge in [0, 0.05) is 12.1 Å². The second-order valence-corrected chi connectivity index (χ2v) is 4.36. The van der Waals surface area contributed by atoms with E-state index < -0.39 is 0 Å². The lowest BCUT2D eigenvalue weighted by atomic mass is 10.1. The summed E-state index contributed by atoms with van der Waals surface area (Å²) in [5, 5.41) is 2.85. The highest BCUT2D eigenvalue weighted by Gasteiger charge is 2.15. The lowest BCUT2D eigenvalue weighted by molar-refractivity contribution is -0.123. The average Bonchev–Trinajstić information content (AvgIpc) is 2.47. The molecule has 5 heteroatoms. The third-order valence-corrected chi connectivity index (χ3v) is 2.96. The summed E-state index contributed by atoms with van der Waals surface area (Å²) in [5.41, 5.74) is 0.878. The van der Waals surface area contributed by atoms with E-state index in [0.717, 1.165) is 11.3 Å². The van der Waals surface area contributed by atoms with Gasteiger partial charge < -0.3 is 19.5 Å². The van der Waals surface area contributed by atoms with Gasteiger partial charge in [0.15, 0.2) is 0 Å². The summed E-state index contributed by atoms with van der Waals surface area (Å²) < 4.78 is 15.9. The lowest BCUT2D eigenvalue weighted by Gasteiger charge is -2.23. The van der Waals surface area contributed by atoms with Crippen LogP contribution >= 0.6 is 0 Å². The van der Waals surface area contributed by atoms with Crippen LogP contribution in [0.1, 0.15) is 5.56 Å². The van der Waals surface area contributed by atoms with Gasteiger partial charge in [-0.05, 0) is 6.07 Å². The van der Waals surface area contributed by atoms with Gasteiger partial charge in [0.05, 0.1) is 39.5 Å². The van der Waals surface area contributed by atoms with E-state index in [0.29, 0.717) is 32.8 Å². The summed E-state index contributed by atoms with van der Waals surface area (Å²) in [6.07, 6.45) is 0.257. The molecule has 0 saturated carbocycles. The standard InChI is InChI=1S/C14H19NO4/c1-17-13-5-3-2-4-11(13)8-14(16)15-9-12-10-18-6-7-19-12/h2-5,12H,6-10H2,1H3,(H,15,16). The molecule has 1 fully saturated rings. The van der Waals surface area contributed by atoms with Crippen LogP contribution in [0.5, 0.6) is 5.75 Å². The maximum Gasteiger partial charge on any atom is 0.224 e. The van der Waals surface area contributed by atoms with Gasteiger partial charge in [-0.25, -0.2) is 0 Å². The molecule has 104 valence electrons. The molecule has 0 aliphatic carbocycles. The smallest absolute Gasteiger partial charge is 0.224 e. The number of rotatable bonds is 5. The first-order valence-corrected chi connectivity index (χ1v) is 6.37. The molecule has 1 N–H and O–H groups in total. The Bertz CT molecular complexity index is 416. The zero-order valence-electron chi connectivity index (χ0n) is 11.1. The molecule has 1 heterocycles. The molecule has 1 aliphatic heterocycles. The van der Waals surface area contributed by atoms with E-state index in [-0.39, 0.29) is 12.0 Å². The molecule has 0 aromatic heterocycles. The number of ether oxygens (including phenoxy) is 3. The van der Waals surface area contributed by atoms with Crippen molar-refractivity contribution in [1.82, 2.24) is 5.32 Å². The minimum atomic E-state index is -0.0460. The Morgan fingerprint density at radius 2 is 2.26 bits per heavy atom. The van der Waals surface area contributed by atoms with Gasteiger partial charge in [0.25, 0.3) is 0 Å². The van der Waals surface area contributed by atoms with Crippen molar-refractivity contribution in [1.29, 1.82) is 0 Å². The lowest BCUT2D eigenvalue weighted by Crippen LogP contribution is -2.40. The Labute approximate surface area is 112 Å². The molecular weight excluding hydrogens is 246 g/mol. The first-order valence-electron chi connectivity index (χ1n) is 6.37. The Morgan fingerprint density at radius 3 is 3.00 bits per heavy atom. The van der Waals surface area contributed by atoms with Crippen molar-refractivity contribution in [2.24, 2.45) is 0 Å². The molecule has 5 nitrogen and oxygen atoms in total. The summed E-state index contributed by atoms with van der Waals surface area (Å²) in [5.74, 6) is 0.688. The zero-order chi connectivity index (χ0) is 13.5. The van der Waals surface area contributed by atoms with Gasteiger partial charge in [-0.15, -0.1) is 0 Å². The number of amides is 1. The third-order valence-electron chi connectivity index (χ3n) is 2.96. The van der Waals surface area contributed by atoms with Crippen LogP contribution in [-0.2, 0) is 20.7 Å². The van der Waals surface area contributed by atoms with Gasteiger partial charge in [-0.2, -0.15) is 0 Å². The molecule has 2 rings (SSSR count). The van der Waals surface area contributed by atoms with Crippen LogP contribution in [0.15, 0.2) is 24.3 Å². The van der Waals surface area contributed by atoms with Crippen molar-refractivity contribution >= 4 is 5.91 Å². The molecular formula is C14H19NO4. The topological polar surface area (TPSA) is 56.8 Å². The molecule has 1 amide bonds. The van der Waals surface area contributed by atoms with E-state index in [1.165, 1.54) is 0 Å². The van der Waals surface area contributed by atoms with Gasteiger partial charge in [0.1, 0.15) is 5.75 Å². The first-order chi connectivity index (χ1) is 9.29. The summed E-state index contributed by atoms with van der Waals surface area (Å²) in [7, 11) is 1.60. The van der Waals surface area contributed by atoms with Crippen LogP contribution in [0.2, 0.25) is 0 Å². The van der Waals surface area contributed by atoms with E-state index in [4.69, 9.17) is 14.2 Å². The third kappa shape index (κ3) is 4.22. The predicted molar refractivity (Wildman–Crippen MR) is 70.3 cm³/mol. The van der Waals surface area contributed by atoms with Gasteiger partial charge >= 0.3 is 0 Å². The van der Waals surface area contributed by atoms with E-state index in [9.17, 15) is 4.79 Å². The molecule has 19 heavy (non-hydrogen) atoms. The molecule has 0 radical (unpaired) electrons. The molecule has 1 atom stereocenters. The summed E-state index contributed by atoms with van der Waals surface area (Å²) in [4.78, 5) is 11.9. The Kier molecular flexibility index (Phi) is 5.18. The van der Waals surface area contributed by atoms with Crippen LogP contribution in [-0.4, -0.2) is 45.5 Å². The van der Waals surface area contributed by atoms with Crippen LogP contribution in [0, 0.1) is 0 Å². The average molecular weight is 265 g/mol. The summed E-state index contributed by atoms with van der Waals surface area (Å²) in [6.45, 7) is 2.24. The summed E-state index contributed by atoms with van der Waals surface area (Å²) >= 11 is 0. The number of methoxy groups -OCH3 is 1. The van der Waals surface area contributed by atoms with Crippen LogP contribution < -0.4 is 10.1 Å². The Morgan fingerprint density at radius 1 is 1.42 bits per heavy atom. The SMILES string of the molecule is COc1ccccc1CC(=O)NCC1COCCO1. The quantitative estimate of drug-likeness (QED) is 0.854. The maximum absolute atomic E-state index is 11.9. The van der Waals surface area contributed by atoms with Crippen molar-refractivity contribution < 1.29 is 19.0 Å². The van der Waals surface area contributed by atoms with Gasteiger partial charge in [-0.1, -0.05) is 18.2 Å². The number of carbonyl (C=O) groups is 1. The molecule has 1 aromatic rings. The van der Waals surface area contributed by atoms with Crippen molar-refractivity contribution in [2.75, 3.05) is 33.5 Å². The molecule has 0 spiro atoms. The normalized spacial score (nSPS) is 18.9. The second-order valence-electron chi connectivity index (χ2n) is 4.36. The summed E-state index contributed by atoms with van der Waals surface area (Å²) in [6, 6.07) is 7.51. The van der Waals surface area contributed by atoms with Gasteiger partial charge in [0.2, 0.25) is 5.91 Å². The van der Waals surface area contributed by atoms with Crippen LogP contribution in [0.4, 0.5) is 0 Å². The molecule has 0 bridgehead atoms. The minimum Gasteiger partial charge on any atom is -0.496 e. The molecule has 1 aromatic carbocycles. The molecule has 1 unspecified atom stereocenters. The number of benzene rings is 1. The van der Waals surface area contributed by atoms with Crippen molar-refractivity contribution in [3.8, 4) is 5.75 Å². The van der Waals surface area contributed by atoms with Crippen molar-refractivity contribution in [2.45, 2.75) is 12.5 Å². The highest BCUT2D eigenvalue weighted by atomic mass is 16.6. The van der Waals surface area contributed by atoms with Gasteiger partial charge in [-0.3, -0.25) is 4.79 Å². The zero-order valence-corrected chi connectivity index (χ0v) is 11.1. The molecule has 1 aliphatic rings. The van der Waals surface area contributed by atoms with E-state index in [1.807, 2.05) is 24.3 Å². The number of carbonyl (C=O) groups excluding carboxylic acids is 1. The van der Waals surface area contributed by atoms with Crippen molar-refractivity contribution in [3.63, 3.8) is 0 Å². The highest BCUT2D eigenvalue weighted by molar-refractivity contribution is 5.79. The van der Waals surface area contributed by atoms with E-state index in [2.05, 4.69) is 5.32 Å². The van der Waals surface area contributed by atoms with E-state index in [1.54, 1.807) is 7.11 Å². The first kappa shape index (κ1) is 13.8. The predicted octanol–water partition coefficient (Wildman–Crippen LogP) is 0.769. The Hall–Kier alpha value is -1.59. The van der Waals surface area contributed by atoms with Crippen LogP contribution in [0.25, 0.3) is 0 Å². The maximum atomic E-state index is 11.9. The second kappa shape index (κ2) is 7.11. The monoisotopic (exact) mass is 265 g/mol. The fraction of sp³-hybridized carbons (Fsp3) is 0.500. The minimum absolute atomic E-state index is 0.0429. The Balaban J connectivity index is 1.80.